The first kappa shape index (κ1) is 38.1. The fraction of sp³-hybridized carbons (Fsp3) is 0.571. The highest BCUT2D eigenvalue weighted by Crippen LogP contribution is 2.50. The van der Waals surface area contributed by atoms with E-state index in [1.165, 1.54) is 0 Å². The minimum absolute atomic E-state index is 0.566. The van der Waals surface area contributed by atoms with Gasteiger partial charge in [-0.05, 0) is 95.8 Å². The second kappa shape index (κ2) is 20.1. The summed E-state index contributed by atoms with van der Waals surface area (Å²) in [5.41, 5.74) is 7.76. The van der Waals surface area contributed by atoms with Crippen LogP contribution in [0.4, 0.5) is 5.69 Å². The molecule has 0 aliphatic heterocycles. The molecule has 0 amide bonds. The largest absolute Gasteiger partial charge is 0.490 e. The van der Waals surface area contributed by atoms with Gasteiger partial charge in [0.2, 0.25) is 0 Å². The van der Waals surface area contributed by atoms with Gasteiger partial charge in [-0.15, -0.1) is 0 Å². The number of benzene rings is 4. The highest BCUT2D eigenvalue weighted by Gasteiger charge is 2.23. The minimum atomic E-state index is 0.566. The summed E-state index contributed by atoms with van der Waals surface area (Å²) in [5, 5.41) is 5.95. The third-order valence-corrected chi connectivity index (χ3v) is 8.82. The van der Waals surface area contributed by atoms with Gasteiger partial charge in [-0.1, -0.05) is 80.1 Å². The summed E-state index contributed by atoms with van der Waals surface area (Å²) in [5.74, 6) is 4.24. The first-order chi connectivity index (χ1) is 24.0. The summed E-state index contributed by atoms with van der Waals surface area (Å²) in [6.07, 6.45) is 12.0. The highest BCUT2D eigenvalue weighted by molar-refractivity contribution is 6.29. The number of nitrogens with two attached hydrogens (primary N) is 1. The maximum Gasteiger partial charge on any atom is 0.184 e. The number of rotatable bonds is 24. The van der Waals surface area contributed by atoms with Crippen LogP contribution in [0.1, 0.15) is 119 Å². The number of hydrogen-bond acceptors (Lipinski definition) is 7. The van der Waals surface area contributed by atoms with Crippen molar-refractivity contribution in [2.24, 2.45) is 0 Å². The van der Waals surface area contributed by atoms with Crippen molar-refractivity contribution in [3.8, 4) is 34.5 Å². The fourth-order valence-electron chi connectivity index (χ4n) is 5.82. The molecule has 0 fully saturated rings. The Kier molecular flexibility index (Phi) is 15.6. The van der Waals surface area contributed by atoms with Crippen molar-refractivity contribution < 1.29 is 28.4 Å². The molecule has 2 N–H and O–H groups in total. The smallest absolute Gasteiger partial charge is 0.184 e. The van der Waals surface area contributed by atoms with E-state index < -0.39 is 0 Å². The van der Waals surface area contributed by atoms with Gasteiger partial charge >= 0.3 is 0 Å². The van der Waals surface area contributed by atoms with Crippen molar-refractivity contribution in [3.63, 3.8) is 0 Å². The molecule has 7 nitrogen and oxygen atoms in total. The van der Waals surface area contributed by atoms with Gasteiger partial charge < -0.3 is 34.2 Å². The van der Waals surface area contributed by atoms with Gasteiger partial charge in [0.15, 0.2) is 34.5 Å². The summed E-state index contributed by atoms with van der Waals surface area (Å²) >= 11 is 0. The van der Waals surface area contributed by atoms with E-state index in [1.54, 1.807) is 0 Å². The number of unbranched alkanes of at least 4 members (excludes halogenated alkanes) is 6. The molecule has 270 valence electrons. The van der Waals surface area contributed by atoms with Crippen LogP contribution in [0.3, 0.4) is 0 Å². The van der Waals surface area contributed by atoms with Gasteiger partial charge in [0.1, 0.15) is 0 Å². The van der Waals surface area contributed by atoms with Crippen LogP contribution in [0.2, 0.25) is 0 Å². The molecule has 0 spiro atoms. The second-order valence-electron chi connectivity index (χ2n) is 12.9. The third-order valence-electron chi connectivity index (χ3n) is 8.82. The van der Waals surface area contributed by atoms with Crippen LogP contribution in [-0.4, -0.2) is 39.6 Å². The molecule has 0 saturated heterocycles. The van der Waals surface area contributed by atoms with Crippen molar-refractivity contribution in [1.82, 2.24) is 0 Å². The standard InChI is InChI=1S/C42H61NO6/c1-7-13-19-44-35-25-30-31-26-37(46-21-15-9-3)38(47-22-16-10-4)28-33(31)40-34(32(30)27-36(35)45-20-14-8-2)29-39(48-23-17-11-5)42(41(40)43)49-24-18-12-6/h25-29H,7-24,43H2,1-6H3. The monoisotopic (exact) mass is 675 g/mol. The molecule has 0 saturated carbocycles. The Bertz CT molecular complexity index is 1560. The number of nitrogen functional groups attached to an aromatic ring is 1. The summed E-state index contributed by atoms with van der Waals surface area (Å²) < 4.78 is 38.5. The molecular weight excluding hydrogens is 614 g/mol. The molecule has 4 rings (SSSR count). The van der Waals surface area contributed by atoms with Crippen LogP contribution in [0.5, 0.6) is 34.5 Å². The van der Waals surface area contributed by atoms with Crippen LogP contribution in [0.15, 0.2) is 30.3 Å². The van der Waals surface area contributed by atoms with Gasteiger partial charge in [0.25, 0.3) is 0 Å². The molecule has 49 heavy (non-hydrogen) atoms. The van der Waals surface area contributed by atoms with Crippen LogP contribution in [0.25, 0.3) is 32.3 Å². The molecule has 4 aromatic rings. The lowest BCUT2D eigenvalue weighted by molar-refractivity contribution is 0.262. The molecule has 0 unspecified atom stereocenters. The van der Waals surface area contributed by atoms with E-state index in [4.69, 9.17) is 34.2 Å². The van der Waals surface area contributed by atoms with Gasteiger partial charge in [-0.2, -0.15) is 0 Å². The number of hydrogen-bond donors (Lipinski definition) is 1. The van der Waals surface area contributed by atoms with Crippen molar-refractivity contribution >= 4 is 38.0 Å². The molecular formula is C42H61NO6. The number of ether oxygens (including phenoxy) is 6. The van der Waals surface area contributed by atoms with Crippen molar-refractivity contribution in [3.05, 3.63) is 30.3 Å². The van der Waals surface area contributed by atoms with Gasteiger partial charge in [0, 0.05) is 5.39 Å². The average molecular weight is 676 g/mol. The topological polar surface area (TPSA) is 81.4 Å². The molecule has 0 heterocycles. The predicted molar refractivity (Wildman–Crippen MR) is 206 cm³/mol. The molecule has 0 atom stereocenters. The van der Waals surface area contributed by atoms with Crippen LogP contribution < -0.4 is 34.2 Å². The first-order valence-corrected chi connectivity index (χ1v) is 19.1. The second-order valence-corrected chi connectivity index (χ2v) is 12.9. The van der Waals surface area contributed by atoms with Crippen LogP contribution in [0, 0.1) is 0 Å². The Hall–Kier alpha value is -3.74. The molecule has 0 bridgehead atoms. The highest BCUT2D eigenvalue weighted by atomic mass is 16.5. The van der Waals surface area contributed by atoms with Crippen molar-refractivity contribution in [2.45, 2.75) is 119 Å². The summed E-state index contributed by atoms with van der Waals surface area (Å²) in [6, 6.07) is 10.6. The average Bonchev–Trinajstić information content (AvgIpc) is 3.10. The summed E-state index contributed by atoms with van der Waals surface area (Å²) in [6.45, 7) is 16.6. The van der Waals surface area contributed by atoms with E-state index >= 15 is 0 Å². The van der Waals surface area contributed by atoms with E-state index in [1.807, 2.05) is 0 Å². The molecule has 7 heteroatoms. The predicted octanol–water partition coefficient (Wildman–Crippen LogP) is 11.8. The van der Waals surface area contributed by atoms with Gasteiger partial charge in [0.05, 0.1) is 45.3 Å². The zero-order chi connectivity index (χ0) is 35.0. The van der Waals surface area contributed by atoms with E-state index in [0.29, 0.717) is 56.8 Å². The Morgan fingerprint density at radius 2 is 0.633 bits per heavy atom. The Labute approximate surface area is 294 Å². The van der Waals surface area contributed by atoms with Crippen molar-refractivity contribution in [2.75, 3.05) is 45.4 Å². The van der Waals surface area contributed by atoms with E-state index in [2.05, 4.69) is 71.9 Å². The minimum Gasteiger partial charge on any atom is -0.490 e. The van der Waals surface area contributed by atoms with Gasteiger partial charge in [-0.25, -0.2) is 0 Å². The zero-order valence-electron chi connectivity index (χ0n) is 31.1. The van der Waals surface area contributed by atoms with Crippen LogP contribution >= 0.6 is 0 Å². The molecule has 0 aliphatic carbocycles. The van der Waals surface area contributed by atoms with Gasteiger partial charge in [-0.3, -0.25) is 0 Å². The number of anilines is 1. The maximum atomic E-state index is 7.19. The third kappa shape index (κ3) is 9.70. The Morgan fingerprint density at radius 3 is 0.980 bits per heavy atom. The molecule has 0 radical (unpaired) electrons. The molecule has 0 aromatic heterocycles. The molecule has 0 aliphatic rings. The van der Waals surface area contributed by atoms with Crippen molar-refractivity contribution in [1.29, 1.82) is 0 Å². The SMILES string of the molecule is CCCCOc1cc2c3cc(OCCCC)c(OCCCC)cc3c3c(N)c(OCCCC)c(OCCCC)cc3c2cc1OCCCC. The summed E-state index contributed by atoms with van der Waals surface area (Å²) in [7, 11) is 0. The first-order valence-electron chi connectivity index (χ1n) is 19.1. The Balaban J connectivity index is 2.10. The van der Waals surface area contributed by atoms with E-state index in [9.17, 15) is 0 Å². The van der Waals surface area contributed by atoms with Crippen LogP contribution in [-0.2, 0) is 0 Å². The van der Waals surface area contributed by atoms with E-state index in [-0.39, 0.29) is 0 Å². The zero-order valence-corrected chi connectivity index (χ0v) is 31.1. The summed E-state index contributed by atoms with van der Waals surface area (Å²) in [4.78, 5) is 0. The quantitative estimate of drug-likeness (QED) is 0.0449. The number of fused-ring (bicyclic) bond motifs is 6. The van der Waals surface area contributed by atoms with E-state index in [0.717, 1.165) is 132 Å². The lowest BCUT2D eigenvalue weighted by Crippen LogP contribution is -2.06. The maximum absolute atomic E-state index is 7.19. The Morgan fingerprint density at radius 1 is 0.367 bits per heavy atom. The lowest BCUT2D eigenvalue weighted by atomic mass is 9.92. The normalized spacial score (nSPS) is 11.4. The molecule has 4 aromatic carbocycles. The fourth-order valence-corrected chi connectivity index (χ4v) is 5.82. The lowest BCUT2D eigenvalue weighted by Gasteiger charge is -2.22.